The van der Waals surface area contributed by atoms with E-state index in [1.165, 1.54) is 14.2 Å². The second kappa shape index (κ2) is 9.32. The van der Waals surface area contributed by atoms with Crippen LogP contribution in [-0.4, -0.2) is 57.1 Å². The fourth-order valence-corrected chi connectivity index (χ4v) is 3.13. The van der Waals surface area contributed by atoms with E-state index in [0.717, 1.165) is 0 Å². The highest BCUT2D eigenvalue weighted by atomic mass is 16.6. The van der Waals surface area contributed by atoms with Crippen molar-refractivity contribution in [2.45, 2.75) is 18.9 Å². The van der Waals surface area contributed by atoms with Crippen LogP contribution in [0.4, 0.5) is 0 Å². The molecular formula is C22H25NO6. The van der Waals surface area contributed by atoms with Gasteiger partial charge in [-0.2, -0.15) is 0 Å². The summed E-state index contributed by atoms with van der Waals surface area (Å²) < 4.78 is 22.0. The van der Waals surface area contributed by atoms with Crippen LogP contribution >= 0.6 is 0 Å². The van der Waals surface area contributed by atoms with Gasteiger partial charge in [0.2, 0.25) is 5.91 Å². The van der Waals surface area contributed by atoms with Crippen LogP contribution in [0.25, 0.3) is 0 Å². The highest BCUT2D eigenvalue weighted by Crippen LogP contribution is 2.31. The van der Waals surface area contributed by atoms with Crippen LogP contribution in [0.1, 0.15) is 23.2 Å². The Morgan fingerprint density at radius 3 is 2.48 bits per heavy atom. The summed E-state index contributed by atoms with van der Waals surface area (Å²) in [6, 6.07) is 12.4. The molecule has 0 unspecified atom stereocenters. The molecule has 0 saturated heterocycles. The van der Waals surface area contributed by atoms with Crippen LogP contribution in [-0.2, 0) is 4.79 Å². The molecular weight excluding hydrogens is 374 g/mol. The van der Waals surface area contributed by atoms with Crippen molar-refractivity contribution in [1.82, 2.24) is 4.90 Å². The lowest BCUT2D eigenvalue weighted by molar-refractivity contribution is -0.131. The monoisotopic (exact) mass is 399 g/mol. The number of amides is 1. The molecule has 0 radical (unpaired) electrons. The summed E-state index contributed by atoms with van der Waals surface area (Å²) in [4.78, 5) is 26.5. The van der Waals surface area contributed by atoms with Gasteiger partial charge in [-0.1, -0.05) is 12.1 Å². The molecule has 7 heteroatoms. The summed E-state index contributed by atoms with van der Waals surface area (Å²) >= 11 is 0. The van der Waals surface area contributed by atoms with Crippen LogP contribution in [0.15, 0.2) is 42.5 Å². The van der Waals surface area contributed by atoms with Crippen molar-refractivity contribution in [3.63, 3.8) is 0 Å². The molecule has 1 aliphatic rings. The Balaban J connectivity index is 1.51. The lowest BCUT2D eigenvalue weighted by atomic mass is 10.1. The number of benzene rings is 2. The summed E-state index contributed by atoms with van der Waals surface area (Å²) in [6.07, 6.45) is -0.0161. The fraction of sp³-hybridized carbons (Fsp3) is 0.364. The first-order chi connectivity index (χ1) is 14.0. The molecule has 2 aromatic rings. The van der Waals surface area contributed by atoms with E-state index in [1.807, 2.05) is 24.3 Å². The third kappa shape index (κ3) is 4.99. The second-order valence-corrected chi connectivity index (χ2v) is 6.76. The minimum absolute atomic E-state index is 0.115. The molecule has 29 heavy (non-hydrogen) atoms. The molecule has 2 aromatic carbocycles. The third-order valence-corrected chi connectivity index (χ3v) is 4.74. The molecule has 1 amide bonds. The molecule has 154 valence electrons. The van der Waals surface area contributed by atoms with Crippen LogP contribution in [0, 0.1) is 0 Å². The highest BCUT2D eigenvalue weighted by molar-refractivity contribution is 5.98. The first kappa shape index (κ1) is 20.5. The number of para-hydroxylation sites is 2. The Bertz CT molecular complexity index is 881. The van der Waals surface area contributed by atoms with E-state index >= 15 is 0 Å². The average Bonchev–Trinajstić information content (AvgIpc) is 2.76. The first-order valence-corrected chi connectivity index (χ1v) is 9.39. The number of hydrogen-bond donors (Lipinski definition) is 0. The molecule has 0 N–H and O–H groups in total. The normalized spacial score (nSPS) is 14.8. The Kier molecular flexibility index (Phi) is 6.59. The van der Waals surface area contributed by atoms with Crippen LogP contribution in [0.2, 0.25) is 0 Å². The van der Waals surface area contributed by atoms with Gasteiger partial charge in [-0.15, -0.1) is 0 Å². The average molecular weight is 399 g/mol. The number of ether oxygens (including phenoxy) is 4. The van der Waals surface area contributed by atoms with Gasteiger partial charge in [-0.25, -0.2) is 0 Å². The van der Waals surface area contributed by atoms with Gasteiger partial charge >= 0.3 is 0 Å². The molecule has 1 atom stereocenters. The van der Waals surface area contributed by atoms with Gasteiger partial charge in [0.25, 0.3) is 0 Å². The number of Topliss-reactive ketones (excluding diaryl/α,β-unsaturated/α-hetero) is 1. The summed E-state index contributed by atoms with van der Waals surface area (Å²) in [5.41, 5.74) is 0.485. The number of carbonyl (C=O) groups excluding carboxylic acids is 2. The summed E-state index contributed by atoms with van der Waals surface area (Å²) in [5.74, 6) is 2.17. The molecule has 0 saturated carbocycles. The van der Waals surface area contributed by atoms with Crippen LogP contribution in [0.5, 0.6) is 23.0 Å². The maximum atomic E-state index is 12.5. The van der Waals surface area contributed by atoms with Crippen molar-refractivity contribution in [3.8, 4) is 23.0 Å². The highest BCUT2D eigenvalue weighted by Gasteiger charge is 2.24. The zero-order valence-corrected chi connectivity index (χ0v) is 16.8. The lowest BCUT2D eigenvalue weighted by Crippen LogP contribution is -2.41. The standard InChI is InChI=1S/C22H25NO6/c1-23(13-16-14-28-19-6-4-5-7-20(19)29-16)22(25)11-9-17(24)15-8-10-18(26-2)21(12-15)27-3/h4-8,10,12,16H,9,11,13-14H2,1-3H3/t16-/m0/s1. The molecule has 0 aromatic heterocycles. The second-order valence-electron chi connectivity index (χ2n) is 6.76. The van der Waals surface area contributed by atoms with Gasteiger partial charge in [0.1, 0.15) is 6.61 Å². The van der Waals surface area contributed by atoms with Gasteiger partial charge in [-0.05, 0) is 30.3 Å². The number of likely N-dealkylation sites (N-methyl/N-ethyl adjacent to an activating group) is 1. The number of carbonyl (C=O) groups is 2. The van der Waals surface area contributed by atoms with E-state index in [9.17, 15) is 9.59 Å². The first-order valence-electron chi connectivity index (χ1n) is 9.39. The zero-order chi connectivity index (χ0) is 20.8. The Morgan fingerprint density at radius 1 is 1.03 bits per heavy atom. The Hall–Kier alpha value is -3.22. The van der Waals surface area contributed by atoms with Crippen molar-refractivity contribution >= 4 is 11.7 Å². The van der Waals surface area contributed by atoms with Gasteiger partial charge in [0.15, 0.2) is 34.9 Å². The van der Waals surface area contributed by atoms with E-state index in [0.29, 0.717) is 41.7 Å². The number of rotatable bonds is 8. The number of methoxy groups -OCH3 is 2. The maximum Gasteiger partial charge on any atom is 0.222 e. The SMILES string of the molecule is COc1ccc(C(=O)CCC(=O)N(C)C[C@H]2COc3ccccc3O2)cc1OC. The molecule has 0 bridgehead atoms. The van der Waals surface area contributed by atoms with Crippen molar-refractivity contribution in [1.29, 1.82) is 0 Å². The molecule has 0 spiro atoms. The predicted octanol–water partition coefficient (Wildman–Crippen LogP) is 2.97. The van der Waals surface area contributed by atoms with Crippen molar-refractivity contribution < 1.29 is 28.5 Å². The maximum absolute atomic E-state index is 12.5. The third-order valence-electron chi connectivity index (χ3n) is 4.74. The van der Waals surface area contributed by atoms with Gasteiger partial charge < -0.3 is 23.8 Å². The van der Waals surface area contributed by atoms with Gasteiger partial charge in [0.05, 0.1) is 20.8 Å². The minimum atomic E-state index is -0.250. The van der Waals surface area contributed by atoms with Crippen molar-refractivity contribution in [2.24, 2.45) is 0 Å². The summed E-state index contributed by atoms with van der Waals surface area (Å²) in [6.45, 7) is 0.761. The van der Waals surface area contributed by atoms with Crippen LogP contribution in [0.3, 0.4) is 0 Å². The molecule has 0 fully saturated rings. The van der Waals surface area contributed by atoms with Gasteiger partial charge in [0, 0.05) is 25.5 Å². The van der Waals surface area contributed by atoms with Crippen LogP contribution < -0.4 is 18.9 Å². The van der Waals surface area contributed by atoms with E-state index in [4.69, 9.17) is 18.9 Å². The lowest BCUT2D eigenvalue weighted by Gasteiger charge is -2.29. The summed E-state index contributed by atoms with van der Waals surface area (Å²) in [7, 11) is 4.75. The molecule has 1 aliphatic heterocycles. The number of fused-ring (bicyclic) bond motifs is 1. The zero-order valence-electron chi connectivity index (χ0n) is 16.8. The fourth-order valence-electron chi connectivity index (χ4n) is 3.13. The van der Waals surface area contributed by atoms with Crippen molar-refractivity contribution in [3.05, 3.63) is 48.0 Å². The quantitative estimate of drug-likeness (QED) is 0.636. The minimum Gasteiger partial charge on any atom is -0.493 e. The van der Waals surface area contributed by atoms with E-state index < -0.39 is 0 Å². The topological polar surface area (TPSA) is 74.3 Å². The van der Waals surface area contributed by atoms with Crippen molar-refractivity contribution in [2.75, 3.05) is 34.4 Å². The van der Waals surface area contributed by atoms with E-state index in [2.05, 4.69) is 0 Å². The Morgan fingerprint density at radius 2 is 1.76 bits per heavy atom. The van der Waals surface area contributed by atoms with E-state index in [1.54, 1.807) is 30.1 Å². The Labute approximate surface area is 170 Å². The number of ketones is 1. The predicted molar refractivity (Wildman–Crippen MR) is 107 cm³/mol. The molecule has 3 rings (SSSR count). The number of hydrogen-bond acceptors (Lipinski definition) is 6. The largest absolute Gasteiger partial charge is 0.493 e. The molecule has 1 heterocycles. The van der Waals surface area contributed by atoms with E-state index in [-0.39, 0.29) is 30.6 Å². The number of nitrogens with zero attached hydrogens (tertiary/aromatic N) is 1. The summed E-state index contributed by atoms with van der Waals surface area (Å²) in [5, 5.41) is 0. The molecule has 0 aliphatic carbocycles. The van der Waals surface area contributed by atoms with Gasteiger partial charge in [-0.3, -0.25) is 9.59 Å². The molecule has 7 nitrogen and oxygen atoms in total. The smallest absolute Gasteiger partial charge is 0.222 e.